The van der Waals surface area contributed by atoms with Crippen molar-refractivity contribution in [2.24, 2.45) is 5.92 Å². The van der Waals surface area contributed by atoms with Gasteiger partial charge < -0.3 is 19.3 Å². The number of fused-ring (bicyclic) bond motifs is 1. The van der Waals surface area contributed by atoms with Gasteiger partial charge in [-0.3, -0.25) is 14.8 Å². The Bertz CT molecular complexity index is 1820. The average molecular weight is 768 g/mol. The van der Waals surface area contributed by atoms with Crippen LogP contribution < -0.4 is 14.4 Å². The van der Waals surface area contributed by atoms with Crippen LogP contribution in [-0.4, -0.2) is 112 Å². The number of alkyl halides is 3. The SMILES string of the molecule is CCN1CCC(N2CCN(C3CCN(c4c(S(=O)(=O)c5cc(F)c(OC(C)CC(C)C)c(F)c5)cnc5ccc(OC(F)(F)F)cc45)CC3)CC2)CC1. The molecule has 3 fully saturated rings. The molecule has 9 nitrogen and oxygen atoms in total. The fourth-order valence-corrected chi connectivity index (χ4v) is 9.68. The molecule has 3 saturated heterocycles. The van der Waals surface area contributed by atoms with Crippen LogP contribution in [0.3, 0.4) is 0 Å². The minimum Gasteiger partial charge on any atom is -0.485 e. The summed E-state index contributed by atoms with van der Waals surface area (Å²) in [6.07, 6.45) is -0.118. The lowest BCUT2D eigenvalue weighted by Crippen LogP contribution is -2.56. The molecule has 53 heavy (non-hydrogen) atoms. The monoisotopic (exact) mass is 767 g/mol. The largest absolute Gasteiger partial charge is 0.573 e. The van der Waals surface area contributed by atoms with Crippen molar-refractivity contribution in [3.8, 4) is 11.5 Å². The molecule has 0 saturated carbocycles. The van der Waals surface area contributed by atoms with E-state index in [1.165, 1.54) is 18.9 Å². The molecule has 4 heterocycles. The fraction of sp³-hybridized carbons (Fsp3) is 0.605. The number of rotatable bonds is 11. The number of nitrogens with zero attached hydrogens (tertiary/aromatic N) is 5. The highest BCUT2D eigenvalue weighted by Gasteiger charge is 2.36. The number of aromatic nitrogens is 1. The van der Waals surface area contributed by atoms with Crippen molar-refractivity contribution in [1.29, 1.82) is 0 Å². The van der Waals surface area contributed by atoms with E-state index < -0.39 is 50.3 Å². The second-order valence-corrected chi connectivity index (χ2v) is 16.8. The molecule has 3 aliphatic rings. The lowest BCUT2D eigenvalue weighted by molar-refractivity contribution is -0.274. The first-order valence-corrected chi connectivity index (χ1v) is 20.2. The second kappa shape index (κ2) is 16.2. The maximum Gasteiger partial charge on any atom is 0.573 e. The van der Waals surface area contributed by atoms with Gasteiger partial charge in [0.15, 0.2) is 17.4 Å². The van der Waals surface area contributed by atoms with E-state index in [0.717, 1.165) is 64.1 Å². The van der Waals surface area contributed by atoms with Crippen molar-refractivity contribution >= 4 is 26.4 Å². The van der Waals surface area contributed by atoms with Crippen molar-refractivity contribution in [3.63, 3.8) is 0 Å². The third-order valence-corrected chi connectivity index (χ3v) is 12.6. The van der Waals surface area contributed by atoms with E-state index in [2.05, 4.69) is 31.3 Å². The van der Waals surface area contributed by atoms with E-state index >= 15 is 8.78 Å². The molecule has 6 rings (SSSR count). The van der Waals surface area contributed by atoms with Crippen LogP contribution in [0.15, 0.2) is 46.3 Å². The summed E-state index contributed by atoms with van der Waals surface area (Å²) in [5.41, 5.74) is 0.368. The molecule has 0 spiro atoms. The summed E-state index contributed by atoms with van der Waals surface area (Å²) in [4.78, 5) is 12.7. The number of anilines is 1. The number of hydrogen-bond donors (Lipinski definition) is 0. The topological polar surface area (TPSA) is 78.5 Å². The number of ether oxygens (including phenoxy) is 2. The predicted octanol–water partition coefficient (Wildman–Crippen LogP) is 7.13. The summed E-state index contributed by atoms with van der Waals surface area (Å²) in [7, 11) is -4.65. The molecule has 3 aromatic rings. The van der Waals surface area contributed by atoms with Gasteiger partial charge in [-0.25, -0.2) is 17.2 Å². The molecule has 292 valence electrons. The van der Waals surface area contributed by atoms with E-state index in [1.807, 2.05) is 18.7 Å². The summed E-state index contributed by atoms with van der Waals surface area (Å²) in [6, 6.07) is 5.85. The molecule has 0 radical (unpaired) electrons. The molecular weight excluding hydrogens is 718 g/mol. The Kier molecular flexibility index (Phi) is 12.1. The Balaban J connectivity index is 1.26. The Morgan fingerprint density at radius 3 is 1.94 bits per heavy atom. The number of halogens is 5. The first kappa shape index (κ1) is 39.4. The number of hydrogen-bond acceptors (Lipinski definition) is 9. The quantitative estimate of drug-likeness (QED) is 0.190. The Labute approximate surface area is 308 Å². The zero-order chi connectivity index (χ0) is 38.1. The zero-order valence-corrected chi connectivity index (χ0v) is 31.7. The van der Waals surface area contributed by atoms with Crippen LogP contribution in [0.25, 0.3) is 10.9 Å². The van der Waals surface area contributed by atoms with Crippen LogP contribution in [0.2, 0.25) is 0 Å². The molecule has 0 N–H and O–H groups in total. The van der Waals surface area contributed by atoms with Gasteiger partial charge in [0.25, 0.3) is 0 Å². The molecule has 1 aromatic heterocycles. The number of piperazine rings is 1. The van der Waals surface area contributed by atoms with Crippen LogP contribution >= 0.6 is 0 Å². The van der Waals surface area contributed by atoms with Crippen molar-refractivity contribution in [3.05, 3.63) is 48.2 Å². The molecule has 0 bridgehead atoms. The minimum atomic E-state index is -4.98. The van der Waals surface area contributed by atoms with Gasteiger partial charge in [-0.2, -0.15) is 0 Å². The summed E-state index contributed by atoms with van der Waals surface area (Å²) in [5, 5.41) is 0.123. The normalized spacial score (nSPS) is 20.0. The van der Waals surface area contributed by atoms with Crippen LogP contribution in [-0.2, 0) is 9.84 Å². The van der Waals surface area contributed by atoms with Crippen molar-refractivity contribution in [2.75, 3.05) is 63.8 Å². The van der Waals surface area contributed by atoms with Crippen molar-refractivity contribution in [1.82, 2.24) is 19.7 Å². The van der Waals surface area contributed by atoms with E-state index in [9.17, 15) is 21.6 Å². The second-order valence-electron chi connectivity index (χ2n) is 14.9. The highest BCUT2D eigenvalue weighted by molar-refractivity contribution is 7.91. The van der Waals surface area contributed by atoms with Crippen molar-refractivity contribution in [2.45, 2.75) is 94.1 Å². The number of pyridine rings is 1. The van der Waals surface area contributed by atoms with Gasteiger partial charge in [0.1, 0.15) is 10.6 Å². The Hall–Kier alpha value is -3.27. The molecule has 3 aliphatic heterocycles. The van der Waals surface area contributed by atoms with Crippen LogP contribution in [0, 0.1) is 17.6 Å². The van der Waals surface area contributed by atoms with Crippen LogP contribution in [0.1, 0.15) is 59.8 Å². The molecule has 1 unspecified atom stereocenters. The smallest absolute Gasteiger partial charge is 0.485 e. The van der Waals surface area contributed by atoms with Gasteiger partial charge in [-0.05, 0) is 94.9 Å². The number of benzene rings is 2. The molecule has 1 atom stereocenters. The maximum absolute atomic E-state index is 15.4. The minimum absolute atomic E-state index is 0.121. The van der Waals surface area contributed by atoms with Gasteiger partial charge in [0.2, 0.25) is 9.84 Å². The number of sulfone groups is 1. The Morgan fingerprint density at radius 1 is 0.849 bits per heavy atom. The lowest BCUT2D eigenvalue weighted by Gasteiger charge is -2.46. The molecule has 15 heteroatoms. The fourth-order valence-electron chi connectivity index (χ4n) is 8.23. The van der Waals surface area contributed by atoms with Crippen molar-refractivity contribution < 1.29 is 39.8 Å². The molecule has 0 amide bonds. The summed E-state index contributed by atoms with van der Waals surface area (Å²) in [5.74, 6) is -3.37. The average Bonchev–Trinajstić information content (AvgIpc) is 3.11. The number of likely N-dealkylation sites (tertiary alicyclic amines) is 1. The molecule has 2 aromatic carbocycles. The summed E-state index contributed by atoms with van der Waals surface area (Å²) >= 11 is 0. The van der Waals surface area contributed by atoms with Crippen LogP contribution in [0.5, 0.6) is 11.5 Å². The van der Waals surface area contributed by atoms with Gasteiger partial charge in [0, 0.05) is 62.9 Å². The molecular formula is C38H50F5N5O4S. The van der Waals surface area contributed by atoms with Gasteiger partial charge >= 0.3 is 6.36 Å². The van der Waals surface area contributed by atoms with Crippen LogP contribution in [0.4, 0.5) is 27.6 Å². The third-order valence-electron chi connectivity index (χ3n) is 10.9. The molecule has 0 aliphatic carbocycles. The van der Waals surface area contributed by atoms with E-state index in [4.69, 9.17) is 4.74 Å². The zero-order valence-electron chi connectivity index (χ0n) is 30.8. The highest BCUT2D eigenvalue weighted by Crippen LogP contribution is 2.41. The number of piperidine rings is 2. The van der Waals surface area contributed by atoms with E-state index in [0.29, 0.717) is 50.5 Å². The van der Waals surface area contributed by atoms with Gasteiger partial charge in [-0.15, -0.1) is 13.2 Å². The highest BCUT2D eigenvalue weighted by atomic mass is 32.2. The maximum atomic E-state index is 15.4. The van der Waals surface area contributed by atoms with E-state index in [1.54, 1.807) is 6.92 Å². The van der Waals surface area contributed by atoms with Gasteiger partial charge in [-0.1, -0.05) is 20.8 Å². The first-order chi connectivity index (χ1) is 25.1. The Morgan fingerprint density at radius 2 is 1.42 bits per heavy atom. The predicted molar refractivity (Wildman–Crippen MR) is 193 cm³/mol. The first-order valence-electron chi connectivity index (χ1n) is 18.7. The standard InChI is InChI=1S/C38H50F5N5O4S/c1-5-45-12-8-27(9-13-45)46-16-18-47(19-17-46)28-10-14-48(15-11-28)36-31-21-29(52-38(41,42)43)6-7-34(31)44-24-35(36)53(49,50)30-22-32(39)37(33(40)23-30)51-26(4)20-25(2)3/h6-7,21-28H,5,8-20H2,1-4H3. The lowest BCUT2D eigenvalue weighted by atomic mass is 9.99. The summed E-state index contributed by atoms with van der Waals surface area (Å²) < 4.78 is 109. The van der Waals surface area contributed by atoms with E-state index in [-0.39, 0.29) is 33.4 Å². The van der Waals surface area contributed by atoms with Gasteiger partial charge in [0.05, 0.1) is 22.2 Å². The third kappa shape index (κ3) is 9.17. The summed E-state index contributed by atoms with van der Waals surface area (Å²) in [6.45, 7) is 15.8.